The fourth-order valence-corrected chi connectivity index (χ4v) is 4.87. The molecule has 24 heavy (non-hydrogen) atoms. The van der Waals surface area contributed by atoms with Crippen LogP contribution in [0, 0.1) is 11.3 Å². The Morgan fingerprint density at radius 1 is 1.21 bits per heavy atom. The fraction of sp³-hybridized carbons (Fsp3) is 0.875. The first-order valence-electron chi connectivity index (χ1n) is 8.80. The molecule has 0 bridgehead atoms. The highest BCUT2D eigenvalue weighted by molar-refractivity contribution is 7.89. The molecule has 0 aromatic rings. The largest absolute Gasteiger partial charge is 0.481 e. The summed E-state index contributed by atoms with van der Waals surface area (Å²) in [6.07, 6.45) is 5.24. The van der Waals surface area contributed by atoms with Gasteiger partial charge in [0.15, 0.2) is 0 Å². The van der Waals surface area contributed by atoms with Crippen molar-refractivity contribution in [2.45, 2.75) is 51.9 Å². The number of rotatable bonds is 6. The zero-order valence-electron chi connectivity index (χ0n) is 14.3. The molecule has 7 nitrogen and oxygen atoms in total. The Bertz CT molecular complexity index is 569. The van der Waals surface area contributed by atoms with E-state index in [1.54, 1.807) is 6.92 Å². The highest BCUT2D eigenvalue weighted by Crippen LogP contribution is 2.36. The molecular formula is C16H28N2O5S. The van der Waals surface area contributed by atoms with Crippen molar-refractivity contribution in [2.75, 3.05) is 25.4 Å². The third-order valence-electron chi connectivity index (χ3n) is 5.38. The van der Waals surface area contributed by atoms with Gasteiger partial charge in [-0.25, -0.2) is 12.7 Å². The molecule has 2 aliphatic rings. The molecule has 1 amide bonds. The topological polar surface area (TPSA) is 104 Å². The van der Waals surface area contributed by atoms with Crippen molar-refractivity contribution in [3.05, 3.63) is 0 Å². The van der Waals surface area contributed by atoms with Gasteiger partial charge in [0, 0.05) is 19.6 Å². The first-order valence-corrected chi connectivity index (χ1v) is 10.4. The van der Waals surface area contributed by atoms with Crippen molar-refractivity contribution >= 4 is 21.9 Å². The fourth-order valence-electron chi connectivity index (χ4n) is 3.69. The van der Waals surface area contributed by atoms with Crippen LogP contribution in [-0.4, -0.2) is 55.1 Å². The van der Waals surface area contributed by atoms with Crippen LogP contribution in [0.4, 0.5) is 0 Å². The van der Waals surface area contributed by atoms with E-state index in [0.717, 1.165) is 19.3 Å². The SMILES string of the molecule is CCS(=O)(=O)N1CCCC(C(=O)NCC2(C(=O)O)CCCCC2)C1. The second-order valence-electron chi connectivity index (χ2n) is 6.96. The second kappa shape index (κ2) is 7.82. The van der Waals surface area contributed by atoms with Crippen LogP contribution < -0.4 is 5.32 Å². The van der Waals surface area contributed by atoms with E-state index >= 15 is 0 Å². The highest BCUT2D eigenvalue weighted by atomic mass is 32.2. The molecule has 1 aliphatic heterocycles. The zero-order valence-corrected chi connectivity index (χ0v) is 15.1. The highest BCUT2D eigenvalue weighted by Gasteiger charge is 2.40. The molecular weight excluding hydrogens is 332 g/mol. The summed E-state index contributed by atoms with van der Waals surface area (Å²) >= 11 is 0. The van der Waals surface area contributed by atoms with Crippen LogP contribution >= 0.6 is 0 Å². The first kappa shape index (κ1) is 19.2. The Kier molecular flexibility index (Phi) is 6.25. The van der Waals surface area contributed by atoms with Crippen LogP contribution in [0.15, 0.2) is 0 Å². The number of aliphatic carboxylic acids is 1. The van der Waals surface area contributed by atoms with Gasteiger partial charge >= 0.3 is 5.97 Å². The third kappa shape index (κ3) is 4.27. The molecule has 0 aromatic heterocycles. The molecule has 0 spiro atoms. The van der Waals surface area contributed by atoms with Gasteiger partial charge in [0.1, 0.15) is 0 Å². The van der Waals surface area contributed by atoms with E-state index < -0.39 is 27.3 Å². The number of hydrogen-bond acceptors (Lipinski definition) is 4. The van der Waals surface area contributed by atoms with Crippen molar-refractivity contribution in [3.63, 3.8) is 0 Å². The van der Waals surface area contributed by atoms with E-state index in [4.69, 9.17) is 0 Å². The maximum atomic E-state index is 12.4. The molecule has 2 fully saturated rings. The lowest BCUT2D eigenvalue weighted by Crippen LogP contribution is -2.49. The molecule has 0 radical (unpaired) electrons. The number of amides is 1. The van der Waals surface area contributed by atoms with Gasteiger partial charge in [0.05, 0.1) is 17.1 Å². The maximum Gasteiger partial charge on any atom is 0.311 e. The Labute approximate surface area is 143 Å². The number of hydrogen-bond donors (Lipinski definition) is 2. The van der Waals surface area contributed by atoms with E-state index in [1.807, 2.05) is 0 Å². The zero-order chi connectivity index (χ0) is 17.8. The molecule has 2 N–H and O–H groups in total. The van der Waals surface area contributed by atoms with E-state index in [1.165, 1.54) is 4.31 Å². The minimum atomic E-state index is -3.29. The lowest BCUT2D eigenvalue weighted by molar-refractivity contribution is -0.151. The van der Waals surface area contributed by atoms with Gasteiger partial charge in [-0.15, -0.1) is 0 Å². The first-order chi connectivity index (χ1) is 11.3. The number of nitrogens with zero attached hydrogens (tertiary/aromatic N) is 1. The summed E-state index contributed by atoms with van der Waals surface area (Å²) in [6.45, 7) is 2.39. The average molecular weight is 360 g/mol. The van der Waals surface area contributed by atoms with Gasteiger partial charge in [0.25, 0.3) is 0 Å². The molecule has 1 saturated heterocycles. The van der Waals surface area contributed by atoms with Gasteiger partial charge in [-0.1, -0.05) is 19.3 Å². The van der Waals surface area contributed by atoms with Gasteiger partial charge in [-0.05, 0) is 32.6 Å². The normalized spacial score (nSPS) is 25.1. The smallest absolute Gasteiger partial charge is 0.311 e. The number of carboxylic acids is 1. The molecule has 1 unspecified atom stereocenters. The molecule has 1 heterocycles. The van der Waals surface area contributed by atoms with Crippen molar-refractivity contribution in [3.8, 4) is 0 Å². The van der Waals surface area contributed by atoms with Crippen LogP contribution in [-0.2, 0) is 19.6 Å². The summed E-state index contributed by atoms with van der Waals surface area (Å²) in [6, 6.07) is 0. The second-order valence-corrected chi connectivity index (χ2v) is 9.22. The van der Waals surface area contributed by atoms with Crippen LogP contribution in [0.1, 0.15) is 51.9 Å². The van der Waals surface area contributed by atoms with Crippen molar-refractivity contribution in [2.24, 2.45) is 11.3 Å². The summed E-state index contributed by atoms with van der Waals surface area (Å²) in [7, 11) is -3.29. The average Bonchev–Trinajstić information content (AvgIpc) is 2.60. The number of carbonyl (C=O) groups is 2. The number of nitrogens with one attached hydrogen (secondary N) is 1. The summed E-state index contributed by atoms with van der Waals surface area (Å²) in [5.41, 5.74) is -0.863. The molecule has 138 valence electrons. The maximum absolute atomic E-state index is 12.4. The molecule has 1 atom stereocenters. The van der Waals surface area contributed by atoms with Crippen molar-refractivity contribution in [1.29, 1.82) is 0 Å². The van der Waals surface area contributed by atoms with E-state index in [-0.39, 0.29) is 24.7 Å². The van der Waals surface area contributed by atoms with Crippen LogP contribution in [0.5, 0.6) is 0 Å². The molecule has 1 saturated carbocycles. The predicted molar refractivity (Wildman–Crippen MR) is 89.9 cm³/mol. The summed E-state index contributed by atoms with van der Waals surface area (Å²) in [5, 5.41) is 12.3. The number of sulfonamides is 1. The predicted octanol–water partition coefficient (Wildman–Crippen LogP) is 1.20. The minimum absolute atomic E-state index is 0.0312. The number of carboxylic acid groups (broad SMARTS) is 1. The summed E-state index contributed by atoms with van der Waals surface area (Å²) in [5.74, 6) is -1.43. The molecule has 8 heteroatoms. The Morgan fingerprint density at radius 3 is 2.46 bits per heavy atom. The lowest BCUT2D eigenvalue weighted by Gasteiger charge is -2.35. The van der Waals surface area contributed by atoms with E-state index in [2.05, 4.69) is 5.32 Å². The minimum Gasteiger partial charge on any atom is -0.481 e. The number of piperidine rings is 1. The van der Waals surface area contributed by atoms with Crippen molar-refractivity contribution < 1.29 is 23.1 Å². The van der Waals surface area contributed by atoms with Gasteiger partial charge in [0.2, 0.25) is 15.9 Å². The molecule has 0 aromatic carbocycles. The summed E-state index contributed by atoms with van der Waals surface area (Å²) < 4.78 is 25.4. The number of carbonyl (C=O) groups excluding carboxylic acids is 1. The quantitative estimate of drug-likeness (QED) is 0.741. The van der Waals surface area contributed by atoms with Gasteiger partial charge < -0.3 is 10.4 Å². The standard InChI is InChI=1S/C16H28N2O5S/c1-2-24(22,23)18-10-6-7-13(11-18)14(19)17-12-16(15(20)21)8-4-3-5-9-16/h13H,2-12H2,1H3,(H,17,19)(H,20,21). The van der Waals surface area contributed by atoms with Crippen LogP contribution in [0.25, 0.3) is 0 Å². The van der Waals surface area contributed by atoms with Gasteiger partial charge in [-0.3, -0.25) is 9.59 Å². The molecule has 1 aliphatic carbocycles. The van der Waals surface area contributed by atoms with Crippen LogP contribution in [0.3, 0.4) is 0 Å². The van der Waals surface area contributed by atoms with E-state index in [9.17, 15) is 23.1 Å². The Hall–Kier alpha value is -1.15. The van der Waals surface area contributed by atoms with Crippen molar-refractivity contribution in [1.82, 2.24) is 9.62 Å². The summed E-state index contributed by atoms with van der Waals surface area (Å²) in [4.78, 5) is 24.1. The van der Waals surface area contributed by atoms with E-state index in [0.29, 0.717) is 32.2 Å². The third-order valence-corrected chi connectivity index (χ3v) is 7.23. The Balaban J connectivity index is 1.95. The molecule has 2 rings (SSSR count). The van der Waals surface area contributed by atoms with Crippen LogP contribution in [0.2, 0.25) is 0 Å². The Morgan fingerprint density at radius 2 is 1.88 bits per heavy atom. The monoisotopic (exact) mass is 360 g/mol. The van der Waals surface area contributed by atoms with Gasteiger partial charge in [-0.2, -0.15) is 0 Å². The lowest BCUT2D eigenvalue weighted by atomic mass is 9.74.